The Hall–Kier alpha value is -1.36. The summed E-state index contributed by atoms with van der Waals surface area (Å²) < 4.78 is 4.54. The van der Waals surface area contributed by atoms with Crippen LogP contribution in [0.25, 0.3) is 0 Å². The van der Waals surface area contributed by atoms with E-state index in [1.807, 2.05) is 0 Å². The molecule has 0 radical (unpaired) electrons. The molecule has 5 heteroatoms. The molecular weight excluding hydrogens is 162 g/mol. The van der Waals surface area contributed by atoms with Crippen LogP contribution >= 0.6 is 0 Å². The van der Waals surface area contributed by atoms with E-state index in [9.17, 15) is 9.59 Å². The first-order chi connectivity index (χ1) is 5.54. The van der Waals surface area contributed by atoms with E-state index in [-0.39, 0.29) is 12.6 Å². The summed E-state index contributed by atoms with van der Waals surface area (Å²) in [5.41, 5.74) is 0.355. The van der Waals surface area contributed by atoms with Crippen molar-refractivity contribution in [3.8, 4) is 0 Å². The molecule has 0 aliphatic rings. The lowest BCUT2D eigenvalue weighted by Gasteiger charge is -2.03. The molecule has 0 aliphatic carbocycles. The Labute approximate surface area is 70.0 Å². The third kappa shape index (κ3) is 5.43. The number of ether oxygens (including phenoxy) is 1. The maximum absolute atomic E-state index is 10.7. The molecule has 0 heterocycles. The Balaban J connectivity index is 3.38. The molecule has 0 fully saturated rings. The van der Waals surface area contributed by atoms with Gasteiger partial charge < -0.3 is 15.2 Å². The van der Waals surface area contributed by atoms with E-state index in [0.717, 1.165) is 0 Å². The molecule has 0 unspecified atom stereocenters. The minimum atomic E-state index is -1.07. The predicted molar refractivity (Wildman–Crippen MR) is 41.4 cm³/mol. The fourth-order valence-electron chi connectivity index (χ4n) is 0.406. The summed E-state index contributed by atoms with van der Waals surface area (Å²) in [4.78, 5) is 20.7. The fraction of sp³-hybridized carbons (Fsp3) is 0.429. The van der Waals surface area contributed by atoms with Crippen molar-refractivity contribution in [2.75, 3.05) is 13.3 Å². The highest BCUT2D eigenvalue weighted by Gasteiger charge is 2.00. The van der Waals surface area contributed by atoms with Crippen LogP contribution in [0, 0.1) is 0 Å². The summed E-state index contributed by atoms with van der Waals surface area (Å²) in [6.45, 7) is 4.40. The van der Waals surface area contributed by atoms with Crippen LogP contribution in [-0.2, 0) is 14.3 Å². The van der Waals surface area contributed by atoms with Crippen molar-refractivity contribution >= 4 is 11.9 Å². The lowest BCUT2D eigenvalue weighted by atomic mass is 10.3. The van der Waals surface area contributed by atoms with Crippen molar-refractivity contribution in [3.63, 3.8) is 0 Å². The second-order valence-corrected chi connectivity index (χ2v) is 2.17. The highest BCUT2D eigenvalue weighted by Crippen LogP contribution is 1.84. The number of carbonyl (C=O) groups is 2. The second kappa shape index (κ2) is 5.31. The fourth-order valence-corrected chi connectivity index (χ4v) is 0.406. The number of hydrogen-bond donors (Lipinski definition) is 2. The van der Waals surface area contributed by atoms with Gasteiger partial charge in [-0.15, -0.1) is 0 Å². The minimum absolute atomic E-state index is 0.113. The summed E-state index contributed by atoms with van der Waals surface area (Å²) in [5, 5.41) is 10.4. The number of carboxylic acids is 1. The average Bonchev–Trinajstić information content (AvgIpc) is 1.97. The van der Waals surface area contributed by atoms with Gasteiger partial charge in [0.1, 0.15) is 13.3 Å². The van der Waals surface area contributed by atoms with Gasteiger partial charge in [0.15, 0.2) is 0 Å². The molecule has 0 atom stereocenters. The third-order valence-corrected chi connectivity index (χ3v) is 0.948. The van der Waals surface area contributed by atoms with Crippen molar-refractivity contribution in [1.82, 2.24) is 5.32 Å². The van der Waals surface area contributed by atoms with Crippen LogP contribution in [0.3, 0.4) is 0 Å². The van der Waals surface area contributed by atoms with Crippen LogP contribution in [0.5, 0.6) is 0 Å². The van der Waals surface area contributed by atoms with Crippen LogP contribution < -0.4 is 5.32 Å². The zero-order chi connectivity index (χ0) is 9.56. The number of aliphatic carboxylic acids is 1. The van der Waals surface area contributed by atoms with Crippen LogP contribution in [0.15, 0.2) is 12.2 Å². The maximum atomic E-state index is 10.7. The SMILES string of the molecule is C=C(C)C(=O)NCOCC(=O)O. The highest BCUT2D eigenvalue weighted by molar-refractivity contribution is 5.91. The molecular formula is C7H11NO4. The third-order valence-electron chi connectivity index (χ3n) is 0.948. The van der Waals surface area contributed by atoms with Gasteiger partial charge in [-0.25, -0.2) is 4.79 Å². The van der Waals surface area contributed by atoms with Gasteiger partial charge in [0.2, 0.25) is 5.91 Å². The molecule has 0 aromatic rings. The Morgan fingerprint density at radius 1 is 1.58 bits per heavy atom. The number of rotatable bonds is 5. The van der Waals surface area contributed by atoms with Gasteiger partial charge in [-0.2, -0.15) is 0 Å². The molecule has 0 aromatic carbocycles. The van der Waals surface area contributed by atoms with Gasteiger partial charge in [0.05, 0.1) is 0 Å². The normalized spacial score (nSPS) is 9.08. The van der Waals surface area contributed by atoms with Crippen molar-refractivity contribution < 1.29 is 19.4 Å². The molecule has 1 amide bonds. The molecule has 0 rings (SSSR count). The lowest BCUT2D eigenvalue weighted by molar-refractivity contribution is -0.143. The van der Waals surface area contributed by atoms with E-state index in [4.69, 9.17) is 5.11 Å². The van der Waals surface area contributed by atoms with E-state index in [1.54, 1.807) is 6.92 Å². The van der Waals surface area contributed by atoms with Gasteiger partial charge in [-0.05, 0) is 6.92 Å². The summed E-state index contributed by atoms with van der Waals surface area (Å²) in [7, 11) is 0. The van der Waals surface area contributed by atoms with E-state index >= 15 is 0 Å². The van der Waals surface area contributed by atoms with Crippen molar-refractivity contribution in [1.29, 1.82) is 0 Å². The van der Waals surface area contributed by atoms with Crippen molar-refractivity contribution in [2.24, 2.45) is 0 Å². The minimum Gasteiger partial charge on any atom is -0.480 e. The van der Waals surface area contributed by atoms with Crippen LogP contribution in [0.2, 0.25) is 0 Å². The average molecular weight is 173 g/mol. The highest BCUT2D eigenvalue weighted by atomic mass is 16.5. The molecule has 0 saturated heterocycles. The largest absolute Gasteiger partial charge is 0.480 e. The van der Waals surface area contributed by atoms with E-state index in [1.165, 1.54) is 0 Å². The monoisotopic (exact) mass is 173 g/mol. The Bertz CT molecular complexity index is 200. The van der Waals surface area contributed by atoms with Gasteiger partial charge in [0, 0.05) is 5.57 Å². The maximum Gasteiger partial charge on any atom is 0.329 e. The van der Waals surface area contributed by atoms with Crippen LogP contribution in [-0.4, -0.2) is 30.3 Å². The molecule has 0 aliphatic heterocycles. The summed E-state index contributed by atoms with van der Waals surface area (Å²) in [5.74, 6) is -1.42. The standard InChI is InChI=1S/C7H11NO4/c1-5(2)7(11)8-4-12-3-6(9)10/h1,3-4H2,2H3,(H,8,11)(H,9,10). The Morgan fingerprint density at radius 2 is 2.17 bits per heavy atom. The van der Waals surface area contributed by atoms with Crippen molar-refractivity contribution in [2.45, 2.75) is 6.92 Å². The zero-order valence-electron chi connectivity index (χ0n) is 6.79. The first kappa shape index (κ1) is 10.6. The van der Waals surface area contributed by atoms with E-state index in [2.05, 4.69) is 16.6 Å². The number of carbonyl (C=O) groups excluding carboxylic acids is 1. The number of hydrogen-bond acceptors (Lipinski definition) is 3. The van der Waals surface area contributed by atoms with Crippen molar-refractivity contribution in [3.05, 3.63) is 12.2 Å². The van der Waals surface area contributed by atoms with Gasteiger partial charge in [0.25, 0.3) is 0 Å². The molecule has 0 bridgehead atoms. The summed E-state index contributed by atoms with van der Waals surface area (Å²) >= 11 is 0. The van der Waals surface area contributed by atoms with Crippen LogP contribution in [0.4, 0.5) is 0 Å². The Morgan fingerprint density at radius 3 is 2.58 bits per heavy atom. The quantitative estimate of drug-likeness (QED) is 0.341. The predicted octanol–water partition coefficient (Wildman–Crippen LogP) is -0.263. The second-order valence-electron chi connectivity index (χ2n) is 2.17. The molecule has 12 heavy (non-hydrogen) atoms. The van der Waals surface area contributed by atoms with Gasteiger partial charge in [-0.3, -0.25) is 4.79 Å². The number of carboxylic acid groups (broad SMARTS) is 1. The summed E-state index contributed by atoms with van der Waals surface area (Å²) in [6, 6.07) is 0. The topological polar surface area (TPSA) is 75.6 Å². The molecule has 0 aromatic heterocycles. The summed E-state index contributed by atoms with van der Waals surface area (Å²) in [6.07, 6.45) is 0. The molecule has 68 valence electrons. The Kier molecular flexibility index (Phi) is 4.71. The van der Waals surface area contributed by atoms with E-state index in [0.29, 0.717) is 5.57 Å². The first-order valence-electron chi connectivity index (χ1n) is 3.27. The zero-order valence-corrected chi connectivity index (χ0v) is 6.79. The molecule has 0 spiro atoms. The van der Waals surface area contributed by atoms with Crippen LogP contribution in [0.1, 0.15) is 6.92 Å². The first-order valence-corrected chi connectivity index (χ1v) is 3.27. The van der Waals surface area contributed by atoms with Gasteiger partial charge in [-0.1, -0.05) is 6.58 Å². The molecule has 2 N–H and O–H groups in total. The van der Waals surface area contributed by atoms with Gasteiger partial charge >= 0.3 is 5.97 Å². The molecule has 5 nitrogen and oxygen atoms in total. The number of amides is 1. The smallest absolute Gasteiger partial charge is 0.329 e. The lowest BCUT2D eigenvalue weighted by Crippen LogP contribution is -2.27. The number of nitrogens with one attached hydrogen (secondary N) is 1. The van der Waals surface area contributed by atoms with E-state index < -0.39 is 12.6 Å². The molecule has 0 saturated carbocycles.